The van der Waals surface area contributed by atoms with E-state index in [9.17, 15) is 4.57 Å². The van der Waals surface area contributed by atoms with Gasteiger partial charge in [-0.3, -0.25) is 0 Å². The average molecular weight is 350 g/mol. The molecule has 0 aliphatic rings. The molecule has 0 N–H and O–H groups in total. The summed E-state index contributed by atoms with van der Waals surface area (Å²) in [6.07, 6.45) is 0. The van der Waals surface area contributed by atoms with Crippen LogP contribution in [0.2, 0.25) is 0 Å². The second-order valence-electron chi connectivity index (χ2n) is 4.66. The van der Waals surface area contributed by atoms with Crippen LogP contribution in [0.25, 0.3) is 0 Å². The molecule has 0 aliphatic heterocycles. The van der Waals surface area contributed by atoms with Crippen molar-refractivity contribution in [1.29, 1.82) is 0 Å². The van der Waals surface area contributed by atoms with Crippen LogP contribution in [0.15, 0.2) is 91.0 Å². The summed E-state index contributed by atoms with van der Waals surface area (Å²) in [6, 6.07) is 26.4. The maximum atomic E-state index is 13.1. The molecule has 3 aromatic rings. The Morgan fingerprint density at radius 1 is 0.542 bits per heavy atom. The molecule has 0 spiro atoms. The van der Waals surface area contributed by atoms with Crippen molar-refractivity contribution in [1.82, 2.24) is 0 Å². The summed E-state index contributed by atoms with van der Waals surface area (Å²) in [4.78, 5) is 0. The Balaban J connectivity index is 0.00000156. The number of benzene rings is 3. The van der Waals surface area contributed by atoms with Gasteiger partial charge in [-0.2, -0.15) is 4.57 Å². The predicted octanol–water partition coefficient (Wildman–Crippen LogP) is 2.45. The van der Waals surface area contributed by atoms with Crippen molar-refractivity contribution >= 4 is 7.82 Å². The first kappa shape index (κ1) is 18.6. The Bertz CT molecular complexity index is 680. The van der Waals surface area contributed by atoms with Crippen LogP contribution in [-0.2, 0) is 4.57 Å². The Morgan fingerprint density at radius 3 is 1.04 bits per heavy atom. The minimum absolute atomic E-state index is 0. The monoisotopic (exact) mass is 350 g/mol. The van der Waals surface area contributed by atoms with E-state index in [-0.39, 0.29) is 31.0 Å². The zero-order valence-electron chi connectivity index (χ0n) is 14.2. The van der Waals surface area contributed by atoms with Gasteiger partial charge in [-0.15, -0.1) is 0 Å². The molecule has 0 atom stereocenters. The third kappa shape index (κ3) is 5.43. The summed E-state index contributed by atoms with van der Waals surface area (Å²) in [5.41, 5.74) is 0. The molecule has 0 unspecified atom stereocenters. The van der Waals surface area contributed by atoms with Gasteiger partial charge in [0, 0.05) is 0 Å². The number of hydrogen-bond donors (Lipinski definition) is 0. The fourth-order valence-corrected chi connectivity index (χ4v) is 3.14. The Labute approximate surface area is 164 Å². The van der Waals surface area contributed by atoms with E-state index in [1.807, 2.05) is 18.2 Å². The Morgan fingerprint density at radius 2 is 0.792 bits per heavy atom. The molecule has 4 nitrogen and oxygen atoms in total. The molecule has 0 radical (unpaired) electrons. The summed E-state index contributed by atoms with van der Waals surface area (Å²) in [6.45, 7) is 0. The van der Waals surface area contributed by atoms with Gasteiger partial charge < -0.3 is 15.0 Å². The molecule has 0 heterocycles. The number of phosphoric ester groups is 1. The first-order chi connectivity index (χ1) is 11.2. The summed E-state index contributed by atoms with van der Waals surface area (Å²) < 4.78 is 29.6. The fourth-order valence-electron chi connectivity index (χ4n) is 1.89. The molecule has 3 aromatic carbocycles. The van der Waals surface area contributed by atoms with Crippen molar-refractivity contribution in [3.8, 4) is 17.2 Å². The Hall–Kier alpha value is -1.71. The van der Waals surface area contributed by atoms with Crippen molar-refractivity contribution in [3.63, 3.8) is 0 Å². The van der Waals surface area contributed by atoms with Crippen molar-refractivity contribution in [2.24, 2.45) is 0 Å². The van der Waals surface area contributed by atoms with E-state index >= 15 is 0 Å². The normalized spacial score (nSPS) is 10.3. The van der Waals surface area contributed by atoms with Crippen LogP contribution >= 0.6 is 7.82 Å². The molecule has 6 heteroatoms. The molecule has 24 heavy (non-hydrogen) atoms. The molecule has 118 valence electrons. The molecule has 3 rings (SSSR count). The van der Waals surface area contributed by atoms with E-state index in [0.717, 1.165) is 0 Å². The van der Waals surface area contributed by atoms with Crippen LogP contribution in [0.5, 0.6) is 17.2 Å². The smallest absolute Gasteiger partial charge is 1.00 e. The predicted molar refractivity (Wildman–Crippen MR) is 89.9 cm³/mol. The number of para-hydroxylation sites is 3. The number of rotatable bonds is 6. The van der Waals surface area contributed by atoms with Crippen LogP contribution in [-0.4, -0.2) is 0 Å². The quantitative estimate of drug-likeness (QED) is 0.506. The summed E-state index contributed by atoms with van der Waals surface area (Å²) in [5.74, 6) is 1.22. The van der Waals surface area contributed by atoms with Crippen molar-refractivity contribution in [2.45, 2.75) is 0 Å². The van der Waals surface area contributed by atoms with E-state index in [4.69, 9.17) is 13.6 Å². The third-order valence-electron chi connectivity index (χ3n) is 2.88. The SMILES string of the molecule is O=P(Oc1ccccc1)(Oc1ccccc1)Oc1ccccc1.[H-].[Na+]. The summed E-state index contributed by atoms with van der Waals surface area (Å²) >= 11 is 0. The van der Waals surface area contributed by atoms with Gasteiger partial charge in [0.1, 0.15) is 17.2 Å². The molecule has 0 saturated heterocycles. The van der Waals surface area contributed by atoms with Gasteiger partial charge in [-0.05, 0) is 36.4 Å². The molecule has 0 fully saturated rings. The molecule has 0 bridgehead atoms. The minimum Gasteiger partial charge on any atom is -1.00 e. The topological polar surface area (TPSA) is 44.8 Å². The van der Waals surface area contributed by atoms with Crippen LogP contribution in [0.1, 0.15) is 1.43 Å². The van der Waals surface area contributed by atoms with Crippen molar-refractivity contribution in [2.75, 3.05) is 0 Å². The van der Waals surface area contributed by atoms with Crippen LogP contribution in [0, 0.1) is 0 Å². The van der Waals surface area contributed by atoms with E-state index in [0.29, 0.717) is 17.2 Å². The van der Waals surface area contributed by atoms with E-state index in [1.165, 1.54) is 0 Å². The largest absolute Gasteiger partial charge is 1.00 e. The zero-order chi connectivity index (χ0) is 16.0. The van der Waals surface area contributed by atoms with Gasteiger partial charge in [0.05, 0.1) is 0 Å². The standard InChI is InChI=1S/C18H15O4P.Na.H/c19-23(20-16-10-4-1-5-11-16,21-17-12-6-2-7-13-17)22-18-14-8-3-9-15-18;;/h1-15H;;/q;+1;-1. The van der Waals surface area contributed by atoms with Crippen LogP contribution in [0.3, 0.4) is 0 Å². The fraction of sp³-hybridized carbons (Fsp3) is 0. The van der Waals surface area contributed by atoms with Crippen LogP contribution in [0.4, 0.5) is 0 Å². The van der Waals surface area contributed by atoms with Gasteiger partial charge in [0.2, 0.25) is 0 Å². The van der Waals surface area contributed by atoms with Gasteiger partial charge >= 0.3 is 37.4 Å². The maximum absolute atomic E-state index is 13.1. The van der Waals surface area contributed by atoms with E-state index in [2.05, 4.69) is 0 Å². The third-order valence-corrected chi connectivity index (χ3v) is 4.18. The first-order valence-corrected chi connectivity index (χ1v) is 8.54. The van der Waals surface area contributed by atoms with Gasteiger partial charge in [-0.1, -0.05) is 54.6 Å². The number of phosphoric acid groups is 1. The van der Waals surface area contributed by atoms with Crippen molar-refractivity contribution in [3.05, 3.63) is 91.0 Å². The minimum atomic E-state index is -3.89. The number of hydrogen-bond acceptors (Lipinski definition) is 4. The molecule has 0 amide bonds. The second kappa shape index (κ2) is 8.95. The average Bonchev–Trinajstić information content (AvgIpc) is 2.57. The van der Waals surface area contributed by atoms with E-state index < -0.39 is 7.82 Å². The van der Waals surface area contributed by atoms with Crippen molar-refractivity contribution < 1.29 is 49.1 Å². The second-order valence-corrected chi connectivity index (χ2v) is 6.10. The van der Waals surface area contributed by atoms with Gasteiger partial charge in [0.25, 0.3) is 0 Å². The first-order valence-electron chi connectivity index (χ1n) is 7.07. The molecule has 0 aliphatic carbocycles. The zero-order valence-corrected chi connectivity index (χ0v) is 16.1. The molecular weight excluding hydrogens is 334 g/mol. The van der Waals surface area contributed by atoms with Crippen LogP contribution < -0.4 is 43.1 Å². The summed E-state index contributed by atoms with van der Waals surface area (Å²) in [5, 5.41) is 0. The van der Waals surface area contributed by atoms with Gasteiger partial charge in [-0.25, -0.2) is 0 Å². The molecular formula is C18H16NaO4P. The maximum Gasteiger partial charge on any atom is 1.00 e. The van der Waals surface area contributed by atoms with E-state index in [1.54, 1.807) is 72.8 Å². The Kier molecular flexibility index (Phi) is 6.95. The van der Waals surface area contributed by atoms with Gasteiger partial charge in [0.15, 0.2) is 0 Å². The summed E-state index contributed by atoms with van der Waals surface area (Å²) in [7, 11) is -3.89. The molecule has 0 aromatic heterocycles. The molecule has 0 saturated carbocycles.